The fraction of sp³-hybridized carbons (Fsp3) is 0.333. The number of oxazole rings is 1. The number of carbonyl (C=O) groups is 2. The van der Waals surface area contributed by atoms with Crippen molar-refractivity contribution in [2.45, 2.75) is 25.3 Å². The topological polar surface area (TPSA) is 154 Å². The zero-order valence-electron chi connectivity index (χ0n) is 19.8. The molecule has 12 nitrogen and oxygen atoms in total. The van der Waals surface area contributed by atoms with E-state index in [4.69, 9.17) is 14.9 Å². The molecule has 1 fully saturated rings. The average molecular weight is 491 g/mol. The minimum atomic E-state index is -0.554. The Morgan fingerprint density at radius 1 is 1.36 bits per heavy atom. The number of nitrogen functional groups attached to an aromatic ring is 1. The van der Waals surface area contributed by atoms with Gasteiger partial charge in [-0.2, -0.15) is 10.1 Å². The Kier molecular flexibility index (Phi) is 6.34. The fourth-order valence-electron chi connectivity index (χ4n) is 4.45. The van der Waals surface area contributed by atoms with E-state index in [1.165, 1.54) is 12.4 Å². The summed E-state index contributed by atoms with van der Waals surface area (Å²) in [6, 6.07) is 5.48. The molecule has 5 rings (SSSR count). The van der Waals surface area contributed by atoms with E-state index in [0.29, 0.717) is 41.8 Å². The Labute approximate surface area is 206 Å². The molecule has 3 N–H and O–H groups in total. The quantitative estimate of drug-likeness (QED) is 0.371. The van der Waals surface area contributed by atoms with Crippen LogP contribution in [0.25, 0.3) is 22.1 Å². The van der Waals surface area contributed by atoms with Crippen molar-refractivity contribution in [3.8, 4) is 0 Å². The minimum absolute atomic E-state index is 0.0393. The van der Waals surface area contributed by atoms with Crippen molar-refractivity contribution < 1.29 is 18.7 Å². The van der Waals surface area contributed by atoms with Gasteiger partial charge in [0.1, 0.15) is 17.7 Å². The molecule has 1 aliphatic heterocycles. The van der Waals surface area contributed by atoms with Crippen molar-refractivity contribution in [1.29, 1.82) is 0 Å². The minimum Gasteiger partial charge on any atom is -0.423 e. The summed E-state index contributed by atoms with van der Waals surface area (Å²) >= 11 is 0. The standard InChI is InChI=1S/C24H26N8O4/c1-3-18(33)31-9-4-5-15(12-31)32-22-19(21(25)26-13-27-22)20(30-32)23(34)29-24-28-16-11-14(8-10-35-2)6-7-17(16)36-24/h3,6-7,11,13,15H,1,4-5,8-10,12H2,2H3,(H2,25,26,27)(H,28,29,34)/t15-/m1/s1. The largest absolute Gasteiger partial charge is 0.423 e. The highest BCUT2D eigenvalue weighted by molar-refractivity contribution is 6.12. The number of nitrogens with one attached hydrogen (secondary N) is 1. The van der Waals surface area contributed by atoms with Crippen LogP contribution in [-0.2, 0) is 16.0 Å². The van der Waals surface area contributed by atoms with Crippen LogP contribution in [0.5, 0.6) is 0 Å². The maximum atomic E-state index is 13.3. The molecule has 0 radical (unpaired) electrons. The average Bonchev–Trinajstić information content (AvgIpc) is 3.48. The van der Waals surface area contributed by atoms with Crippen LogP contribution in [0, 0.1) is 0 Å². The zero-order chi connectivity index (χ0) is 25.2. The van der Waals surface area contributed by atoms with Gasteiger partial charge in [-0.1, -0.05) is 12.6 Å². The lowest BCUT2D eigenvalue weighted by Gasteiger charge is -2.32. The summed E-state index contributed by atoms with van der Waals surface area (Å²) < 4.78 is 12.5. The first-order valence-corrected chi connectivity index (χ1v) is 11.6. The Bertz CT molecular complexity index is 1460. The van der Waals surface area contributed by atoms with Crippen LogP contribution in [0.2, 0.25) is 0 Å². The third-order valence-electron chi connectivity index (χ3n) is 6.23. The number of benzene rings is 1. The van der Waals surface area contributed by atoms with Crippen LogP contribution < -0.4 is 11.1 Å². The Morgan fingerprint density at radius 3 is 3.03 bits per heavy atom. The van der Waals surface area contributed by atoms with Gasteiger partial charge >= 0.3 is 6.01 Å². The first kappa shape index (κ1) is 23.4. The van der Waals surface area contributed by atoms with E-state index in [1.54, 1.807) is 22.8 Å². The van der Waals surface area contributed by atoms with Crippen LogP contribution in [0.1, 0.15) is 34.9 Å². The molecule has 0 aliphatic carbocycles. The smallest absolute Gasteiger partial charge is 0.302 e. The van der Waals surface area contributed by atoms with E-state index < -0.39 is 5.91 Å². The number of rotatable bonds is 7. The molecule has 0 unspecified atom stereocenters. The molecule has 1 aliphatic rings. The Balaban J connectivity index is 1.45. The van der Waals surface area contributed by atoms with E-state index in [-0.39, 0.29) is 29.5 Å². The summed E-state index contributed by atoms with van der Waals surface area (Å²) in [5.41, 5.74) is 8.81. The highest BCUT2D eigenvalue weighted by atomic mass is 16.5. The summed E-state index contributed by atoms with van der Waals surface area (Å²) in [5, 5.41) is 7.58. The predicted octanol–water partition coefficient (Wildman–Crippen LogP) is 2.34. The number of ether oxygens (including phenoxy) is 1. The number of piperidine rings is 1. The number of methoxy groups -OCH3 is 1. The lowest BCUT2D eigenvalue weighted by molar-refractivity contribution is -0.127. The van der Waals surface area contributed by atoms with Gasteiger partial charge in [-0.15, -0.1) is 0 Å². The van der Waals surface area contributed by atoms with Crippen LogP contribution in [0.4, 0.5) is 11.8 Å². The maximum absolute atomic E-state index is 13.3. The summed E-state index contributed by atoms with van der Waals surface area (Å²) in [7, 11) is 1.65. The third-order valence-corrected chi connectivity index (χ3v) is 6.23. The zero-order valence-corrected chi connectivity index (χ0v) is 19.8. The van der Waals surface area contributed by atoms with Crippen molar-refractivity contribution in [3.63, 3.8) is 0 Å². The fourth-order valence-corrected chi connectivity index (χ4v) is 4.45. The van der Waals surface area contributed by atoms with E-state index in [1.807, 2.05) is 12.1 Å². The van der Waals surface area contributed by atoms with Gasteiger partial charge in [0.25, 0.3) is 5.91 Å². The number of aromatic nitrogens is 5. The molecule has 36 heavy (non-hydrogen) atoms. The number of nitrogens with two attached hydrogens (primary N) is 1. The monoisotopic (exact) mass is 490 g/mol. The van der Waals surface area contributed by atoms with Gasteiger partial charge in [0.2, 0.25) is 5.91 Å². The van der Waals surface area contributed by atoms with Crippen LogP contribution >= 0.6 is 0 Å². The number of hydrogen-bond acceptors (Lipinski definition) is 9. The number of anilines is 2. The van der Waals surface area contributed by atoms with E-state index >= 15 is 0 Å². The maximum Gasteiger partial charge on any atom is 0.302 e. The molecule has 1 saturated heterocycles. The van der Waals surface area contributed by atoms with E-state index in [0.717, 1.165) is 24.8 Å². The van der Waals surface area contributed by atoms with Gasteiger partial charge in [0.15, 0.2) is 16.9 Å². The number of amides is 2. The SMILES string of the molecule is C=CC(=O)N1CCC[C@@H](n2nc(C(=O)Nc3nc4cc(CCOC)ccc4o3)c3c(N)ncnc32)C1. The summed E-state index contributed by atoms with van der Waals surface area (Å²) in [4.78, 5) is 39.9. The van der Waals surface area contributed by atoms with Gasteiger partial charge in [-0.05, 0) is 43.0 Å². The van der Waals surface area contributed by atoms with Crippen LogP contribution in [0.15, 0.2) is 41.6 Å². The van der Waals surface area contributed by atoms with Gasteiger partial charge in [-0.25, -0.2) is 14.6 Å². The third kappa shape index (κ3) is 4.38. The molecule has 12 heteroatoms. The van der Waals surface area contributed by atoms with Gasteiger partial charge in [-0.3, -0.25) is 14.9 Å². The van der Waals surface area contributed by atoms with Crippen LogP contribution in [-0.4, -0.2) is 68.3 Å². The first-order valence-electron chi connectivity index (χ1n) is 11.6. The number of nitrogens with zero attached hydrogens (tertiary/aromatic N) is 6. The molecular weight excluding hydrogens is 464 g/mol. The second-order valence-electron chi connectivity index (χ2n) is 8.55. The number of fused-ring (bicyclic) bond motifs is 2. The van der Waals surface area contributed by atoms with Crippen molar-refractivity contribution >= 4 is 45.8 Å². The second-order valence-corrected chi connectivity index (χ2v) is 8.55. The molecule has 4 heterocycles. The van der Waals surface area contributed by atoms with Crippen molar-refractivity contribution in [3.05, 3.63) is 48.4 Å². The lowest BCUT2D eigenvalue weighted by atomic mass is 10.1. The molecule has 0 spiro atoms. The molecule has 4 aromatic rings. The first-order chi connectivity index (χ1) is 17.5. The van der Waals surface area contributed by atoms with Gasteiger partial charge in [0, 0.05) is 20.2 Å². The van der Waals surface area contributed by atoms with Gasteiger partial charge < -0.3 is 19.8 Å². The normalized spacial score (nSPS) is 15.9. The lowest BCUT2D eigenvalue weighted by Crippen LogP contribution is -2.40. The predicted molar refractivity (Wildman–Crippen MR) is 132 cm³/mol. The van der Waals surface area contributed by atoms with Gasteiger partial charge in [0.05, 0.1) is 18.0 Å². The van der Waals surface area contributed by atoms with Crippen molar-refractivity contribution in [1.82, 2.24) is 29.6 Å². The summed E-state index contributed by atoms with van der Waals surface area (Å²) in [6.07, 6.45) is 4.90. The molecule has 1 atom stereocenters. The van der Waals surface area contributed by atoms with Crippen molar-refractivity contribution in [2.24, 2.45) is 0 Å². The molecule has 0 bridgehead atoms. The van der Waals surface area contributed by atoms with Crippen LogP contribution in [0.3, 0.4) is 0 Å². The van der Waals surface area contributed by atoms with E-state index in [9.17, 15) is 9.59 Å². The highest BCUT2D eigenvalue weighted by Crippen LogP contribution is 2.29. The number of hydrogen-bond donors (Lipinski definition) is 2. The second kappa shape index (κ2) is 9.74. The molecular formula is C24H26N8O4. The van der Waals surface area contributed by atoms with E-state index in [2.05, 4.69) is 31.9 Å². The summed E-state index contributed by atoms with van der Waals surface area (Å²) in [5.74, 6) is -0.572. The molecule has 2 amide bonds. The molecule has 3 aromatic heterocycles. The Hall–Kier alpha value is -4.32. The molecule has 0 saturated carbocycles. The molecule has 186 valence electrons. The number of likely N-dealkylation sites (tertiary alicyclic amines) is 1. The Morgan fingerprint density at radius 2 is 2.22 bits per heavy atom. The highest BCUT2D eigenvalue weighted by Gasteiger charge is 2.29. The molecule has 1 aromatic carbocycles. The number of carbonyl (C=O) groups excluding carboxylic acids is 2. The van der Waals surface area contributed by atoms with Crippen molar-refractivity contribution in [2.75, 3.05) is 37.9 Å². The summed E-state index contributed by atoms with van der Waals surface area (Å²) in [6.45, 7) is 5.22.